The lowest BCUT2D eigenvalue weighted by molar-refractivity contribution is -0.155. The highest BCUT2D eigenvalue weighted by atomic mass is 16.5. The molecule has 0 unspecified atom stereocenters. The number of morpholine rings is 1. The summed E-state index contributed by atoms with van der Waals surface area (Å²) in [4.78, 5) is 18.6. The van der Waals surface area contributed by atoms with Crippen LogP contribution in [0, 0.1) is 5.41 Å². The van der Waals surface area contributed by atoms with Gasteiger partial charge in [-0.1, -0.05) is 31.4 Å². The summed E-state index contributed by atoms with van der Waals surface area (Å²) >= 11 is 0. The second-order valence-corrected chi connectivity index (χ2v) is 9.71. The smallest absolute Gasteiger partial charge is 0.243 e. The van der Waals surface area contributed by atoms with E-state index in [4.69, 9.17) is 9.47 Å². The number of benzene rings is 1. The van der Waals surface area contributed by atoms with E-state index in [1.54, 1.807) is 7.11 Å². The first kappa shape index (κ1) is 22.6. The van der Waals surface area contributed by atoms with Crippen LogP contribution in [-0.4, -0.2) is 79.5 Å². The fourth-order valence-corrected chi connectivity index (χ4v) is 6.01. The van der Waals surface area contributed by atoms with Crippen LogP contribution in [0.2, 0.25) is 0 Å². The molecule has 2 saturated heterocycles. The van der Waals surface area contributed by atoms with Crippen molar-refractivity contribution in [3.8, 4) is 5.75 Å². The average molecular weight is 431 g/mol. The van der Waals surface area contributed by atoms with E-state index in [9.17, 15) is 9.90 Å². The number of hydrogen-bond donors (Lipinski definition) is 1. The van der Waals surface area contributed by atoms with Crippen molar-refractivity contribution in [1.29, 1.82) is 0 Å². The maximum absolute atomic E-state index is 14.1. The van der Waals surface area contributed by atoms with Crippen LogP contribution in [-0.2, 0) is 16.0 Å². The van der Waals surface area contributed by atoms with Crippen LogP contribution >= 0.6 is 0 Å². The molecule has 2 aliphatic heterocycles. The maximum Gasteiger partial charge on any atom is 0.243 e. The molecule has 0 aromatic heterocycles. The first-order chi connectivity index (χ1) is 15.1. The lowest BCUT2D eigenvalue weighted by atomic mass is 9.74. The summed E-state index contributed by atoms with van der Waals surface area (Å²) in [6.45, 7) is 4.63. The SMILES string of the molecule is COc1cccc(C[C@]2(CO)CCCN(C(=O)C3(N4CCOCC4)CCCCC3)C2)c1. The number of aliphatic hydroxyl groups excluding tert-OH is 1. The van der Waals surface area contributed by atoms with Crippen molar-refractivity contribution in [2.45, 2.75) is 56.9 Å². The fraction of sp³-hybridized carbons (Fsp3) is 0.720. The Morgan fingerprint density at radius 3 is 2.58 bits per heavy atom. The highest BCUT2D eigenvalue weighted by Gasteiger charge is 2.49. The summed E-state index contributed by atoms with van der Waals surface area (Å²) in [7, 11) is 1.68. The van der Waals surface area contributed by atoms with Gasteiger partial charge in [-0.15, -0.1) is 0 Å². The molecule has 1 aromatic carbocycles. The summed E-state index contributed by atoms with van der Waals surface area (Å²) in [5.74, 6) is 1.13. The van der Waals surface area contributed by atoms with Crippen molar-refractivity contribution in [2.24, 2.45) is 5.41 Å². The number of ether oxygens (including phenoxy) is 2. The number of likely N-dealkylation sites (tertiary alicyclic amines) is 1. The number of amides is 1. The molecule has 2 heterocycles. The van der Waals surface area contributed by atoms with Gasteiger partial charge in [0.25, 0.3) is 0 Å². The Labute approximate surface area is 186 Å². The third-order valence-corrected chi connectivity index (χ3v) is 7.69. The van der Waals surface area contributed by atoms with Crippen molar-refractivity contribution in [3.05, 3.63) is 29.8 Å². The zero-order chi connectivity index (χ0) is 21.7. The molecule has 1 atom stereocenters. The molecule has 3 fully saturated rings. The highest BCUT2D eigenvalue weighted by molar-refractivity contribution is 5.86. The number of carbonyl (C=O) groups is 1. The molecule has 31 heavy (non-hydrogen) atoms. The lowest BCUT2D eigenvalue weighted by Crippen LogP contribution is -2.64. The van der Waals surface area contributed by atoms with E-state index >= 15 is 0 Å². The van der Waals surface area contributed by atoms with Crippen molar-refractivity contribution >= 4 is 5.91 Å². The quantitative estimate of drug-likeness (QED) is 0.752. The van der Waals surface area contributed by atoms with Crippen LogP contribution in [0.15, 0.2) is 24.3 Å². The molecule has 4 rings (SSSR count). The minimum Gasteiger partial charge on any atom is -0.497 e. The first-order valence-electron chi connectivity index (χ1n) is 12.0. The second kappa shape index (κ2) is 9.88. The molecule has 1 amide bonds. The van der Waals surface area contributed by atoms with Gasteiger partial charge in [0, 0.05) is 31.6 Å². The number of methoxy groups -OCH3 is 1. The van der Waals surface area contributed by atoms with Crippen molar-refractivity contribution in [3.63, 3.8) is 0 Å². The predicted molar refractivity (Wildman–Crippen MR) is 120 cm³/mol. The van der Waals surface area contributed by atoms with E-state index in [1.807, 2.05) is 12.1 Å². The van der Waals surface area contributed by atoms with E-state index in [-0.39, 0.29) is 23.5 Å². The Hall–Kier alpha value is -1.63. The zero-order valence-corrected chi connectivity index (χ0v) is 19.0. The van der Waals surface area contributed by atoms with E-state index < -0.39 is 0 Å². The predicted octanol–water partition coefficient (Wildman–Crippen LogP) is 2.87. The third kappa shape index (κ3) is 4.76. The van der Waals surface area contributed by atoms with E-state index in [1.165, 1.54) is 6.42 Å². The molecular weight excluding hydrogens is 392 g/mol. The molecule has 0 spiro atoms. The largest absolute Gasteiger partial charge is 0.497 e. The Morgan fingerprint density at radius 2 is 1.87 bits per heavy atom. The average Bonchev–Trinajstić information content (AvgIpc) is 2.84. The fourth-order valence-electron chi connectivity index (χ4n) is 6.01. The van der Waals surface area contributed by atoms with Gasteiger partial charge in [-0.25, -0.2) is 0 Å². The molecule has 6 heteroatoms. The van der Waals surface area contributed by atoms with Gasteiger partial charge in [0.2, 0.25) is 5.91 Å². The molecule has 172 valence electrons. The molecular formula is C25H38N2O4. The summed E-state index contributed by atoms with van der Waals surface area (Å²) < 4.78 is 11.0. The van der Waals surface area contributed by atoms with Crippen LogP contribution in [0.1, 0.15) is 50.5 Å². The molecule has 1 N–H and O–H groups in total. The van der Waals surface area contributed by atoms with Gasteiger partial charge in [0.1, 0.15) is 11.3 Å². The molecule has 1 aliphatic carbocycles. The minimum absolute atomic E-state index is 0.0958. The molecule has 3 aliphatic rings. The number of aliphatic hydroxyl groups is 1. The van der Waals surface area contributed by atoms with Crippen LogP contribution in [0.25, 0.3) is 0 Å². The van der Waals surface area contributed by atoms with E-state index in [0.717, 1.165) is 75.9 Å². The molecule has 0 radical (unpaired) electrons. The van der Waals surface area contributed by atoms with Crippen molar-refractivity contribution in [2.75, 3.05) is 53.1 Å². The van der Waals surface area contributed by atoms with Crippen LogP contribution in [0.5, 0.6) is 5.75 Å². The standard InChI is InChI=1S/C25H38N2O4/c1-30-22-8-5-7-21(17-22)18-24(20-28)9-6-12-26(19-24)23(29)25(10-3-2-4-11-25)27-13-15-31-16-14-27/h5,7-8,17,28H,2-4,6,9-16,18-20H2,1H3/t24-/m1/s1. The monoisotopic (exact) mass is 430 g/mol. The van der Waals surface area contributed by atoms with Crippen molar-refractivity contribution < 1.29 is 19.4 Å². The second-order valence-electron chi connectivity index (χ2n) is 9.71. The Morgan fingerprint density at radius 1 is 1.10 bits per heavy atom. The summed E-state index contributed by atoms with van der Waals surface area (Å²) in [6, 6.07) is 8.09. The Bertz CT molecular complexity index is 743. The lowest BCUT2D eigenvalue weighted by Gasteiger charge is -2.51. The van der Waals surface area contributed by atoms with E-state index in [0.29, 0.717) is 19.8 Å². The van der Waals surface area contributed by atoms with Gasteiger partial charge in [0.05, 0.1) is 26.9 Å². The van der Waals surface area contributed by atoms with Gasteiger partial charge in [-0.3, -0.25) is 9.69 Å². The number of nitrogens with zero attached hydrogens (tertiary/aromatic N) is 2. The Kier molecular flexibility index (Phi) is 7.19. The van der Waals surface area contributed by atoms with Gasteiger partial charge in [-0.2, -0.15) is 0 Å². The summed E-state index contributed by atoms with van der Waals surface area (Å²) in [5.41, 5.74) is 0.487. The third-order valence-electron chi connectivity index (χ3n) is 7.69. The minimum atomic E-state index is -0.378. The summed E-state index contributed by atoms with van der Waals surface area (Å²) in [5, 5.41) is 10.5. The number of carbonyl (C=O) groups excluding carboxylic acids is 1. The van der Waals surface area contributed by atoms with Gasteiger partial charge < -0.3 is 19.5 Å². The van der Waals surface area contributed by atoms with Gasteiger partial charge >= 0.3 is 0 Å². The number of piperidine rings is 1. The highest BCUT2D eigenvalue weighted by Crippen LogP contribution is 2.40. The molecule has 1 aromatic rings. The maximum atomic E-state index is 14.1. The molecule has 0 bridgehead atoms. The van der Waals surface area contributed by atoms with E-state index in [2.05, 4.69) is 21.9 Å². The molecule has 1 saturated carbocycles. The van der Waals surface area contributed by atoms with Crippen molar-refractivity contribution in [1.82, 2.24) is 9.80 Å². The van der Waals surface area contributed by atoms with Gasteiger partial charge in [0.15, 0.2) is 0 Å². The van der Waals surface area contributed by atoms with Gasteiger partial charge in [-0.05, 0) is 49.8 Å². The van der Waals surface area contributed by atoms with Crippen LogP contribution in [0.4, 0.5) is 0 Å². The normalized spacial score (nSPS) is 27.1. The first-order valence-corrected chi connectivity index (χ1v) is 12.0. The zero-order valence-electron chi connectivity index (χ0n) is 19.0. The van der Waals surface area contributed by atoms with Crippen LogP contribution < -0.4 is 4.74 Å². The Balaban J connectivity index is 1.54. The topological polar surface area (TPSA) is 62.2 Å². The molecule has 6 nitrogen and oxygen atoms in total. The van der Waals surface area contributed by atoms with Crippen LogP contribution in [0.3, 0.4) is 0 Å². The number of hydrogen-bond acceptors (Lipinski definition) is 5. The number of rotatable bonds is 6. The summed E-state index contributed by atoms with van der Waals surface area (Å²) in [6.07, 6.45) is 7.99.